The first-order valence-corrected chi connectivity index (χ1v) is 3.98. The maximum atomic E-state index is 12.6. The van der Waals surface area contributed by atoms with Gasteiger partial charge in [-0.2, -0.15) is 0 Å². The van der Waals surface area contributed by atoms with Crippen molar-refractivity contribution in [3.05, 3.63) is 6.92 Å². The third kappa shape index (κ3) is 2.25. The molecule has 0 unspecified atom stereocenters. The zero-order valence-electron chi connectivity index (χ0n) is 6.35. The van der Waals surface area contributed by atoms with Gasteiger partial charge in [0.2, 0.25) is 0 Å². The van der Waals surface area contributed by atoms with Crippen molar-refractivity contribution in [1.82, 2.24) is 4.90 Å². The monoisotopic (exact) mass is 144 g/mol. The summed E-state index contributed by atoms with van der Waals surface area (Å²) in [6.07, 6.45) is 1.85. The molecule has 0 aromatic carbocycles. The molecule has 1 radical (unpaired) electrons. The first-order chi connectivity index (χ1) is 4.83. The van der Waals surface area contributed by atoms with Crippen LogP contribution in [0.15, 0.2) is 0 Å². The Morgan fingerprint density at radius 3 is 2.50 bits per heavy atom. The molecule has 0 aromatic rings. The molecule has 0 saturated carbocycles. The molecule has 0 spiro atoms. The molecule has 1 aliphatic rings. The van der Waals surface area contributed by atoms with E-state index in [0.717, 1.165) is 38.9 Å². The third-order valence-corrected chi connectivity index (χ3v) is 1.99. The predicted octanol–water partition coefficient (Wildman–Crippen LogP) is 1.64. The van der Waals surface area contributed by atoms with Gasteiger partial charge in [0, 0.05) is 13.1 Å². The van der Waals surface area contributed by atoms with Crippen LogP contribution in [0.2, 0.25) is 0 Å². The van der Waals surface area contributed by atoms with E-state index in [4.69, 9.17) is 0 Å². The molecule has 1 aliphatic heterocycles. The lowest BCUT2D eigenvalue weighted by molar-refractivity contribution is 0.152. The zero-order valence-corrected chi connectivity index (χ0v) is 6.35. The van der Waals surface area contributed by atoms with E-state index in [1.165, 1.54) is 0 Å². The lowest BCUT2D eigenvalue weighted by atomic mass is 10.1. The van der Waals surface area contributed by atoms with Crippen molar-refractivity contribution in [1.29, 1.82) is 0 Å². The van der Waals surface area contributed by atoms with E-state index in [2.05, 4.69) is 11.8 Å². The van der Waals surface area contributed by atoms with Gasteiger partial charge in [-0.25, -0.2) is 4.39 Å². The largest absolute Gasteiger partial charge is 0.303 e. The van der Waals surface area contributed by atoms with E-state index in [1.807, 2.05) is 0 Å². The fourth-order valence-corrected chi connectivity index (χ4v) is 1.35. The van der Waals surface area contributed by atoms with Crippen LogP contribution in [0.25, 0.3) is 0 Å². The number of hydrogen-bond acceptors (Lipinski definition) is 1. The summed E-state index contributed by atoms with van der Waals surface area (Å²) in [6, 6.07) is 0. The molecule has 1 saturated heterocycles. The molecule has 0 aromatic heterocycles. The van der Waals surface area contributed by atoms with Gasteiger partial charge in [-0.05, 0) is 25.8 Å². The number of likely N-dealkylation sites (tertiary alicyclic amines) is 1. The van der Waals surface area contributed by atoms with Crippen LogP contribution >= 0.6 is 0 Å². The van der Waals surface area contributed by atoms with E-state index >= 15 is 0 Å². The SMILES string of the molecule is [CH2]CCN1CCC(F)CC1. The van der Waals surface area contributed by atoms with Crippen LogP contribution in [0.1, 0.15) is 19.3 Å². The Labute approximate surface area is 62.2 Å². The summed E-state index contributed by atoms with van der Waals surface area (Å²) in [7, 11) is 0. The van der Waals surface area contributed by atoms with Crippen molar-refractivity contribution in [3.63, 3.8) is 0 Å². The molecule has 2 heteroatoms. The second kappa shape index (κ2) is 3.91. The predicted molar refractivity (Wildman–Crippen MR) is 40.5 cm³/mol. The van der Waals surface area contributed by atoms with E-state index in [9.17, 15) is 4.39 Å². The Morgan fingerprint density at radius 2 is 2.00 bits per heavy atom. The number of alkyl halides is 1. The van der Waals surface area contributed by atoms with E-state index in [0.29, 0.717) is 0 Å². The van der Waals surface area contributed by atoms with Crippen molar-refractivity contribution in [2.45, 2.75) is 25.4 Å². The molecule has 1 fully saturated rings. The van der Waals surface area contributed by atoms with Crippen LogP contribution in [0, 0.1) is 6.92 Å². The maximum Gasteiger partial charge on any atom is 0.103 e. The summed E-state index contributed by atoms with van der Waals surface area (Å²) < 4.78 is 12.6. The van der Waals surface area contributed by atoms with Crippen LogP contribution in [-0.2, 0) is 0 Å². The highest BCUT2D eigenvalue weighted by atomic mass is 19.1. The molecule has 1 nitrogen and oxygen atoms in total. The van der Waals surface area contributed by atoms with Crippen molar-refractivity contribution in [2.24, 2.45) is 0 Å². The van der Waals surface area contributed by atoms with E-state index < -0.39 is 6.17 Å². The third-order valence-electron chi connectivity index (χ3n) is 1.99. The molecule has 1 heterocycles. The second-order valence-corrected chi connectivity index (χ2v) is 2.87. The second-order valence-electron chi connectivity index (χ2n) is 2.87. The minimum Gasteiger partial charge on any atom is -0.303 e. The average molecular weight is 144 g/mol. The van der Waals surface area contributed by atoms with Crippen molar-refractivity contribution >= 4 is 0 Å². The zero-order chi connectivity index (χ0) is 7.40. The fraction of sp³-hybridized carbons (Fsp3) is 0.875. The number of nitrogens with zero attached hydrogens (tertiary/aromatic N) is 1. The van der Waals surface area contributed by atoms with Crippen molar-refractivity contribution in [3.8, 4) is 0 Å². The van der Waals surface area contributed by atoms with Crippen molar-refractivity contribution in [2.75, 3.05) is 19.6 Å². The van der Waals surface area contributed by atoms with Gasteiger partial charge in [-0.15, -0.1) is 0 Å². The summed E-state index contributed by atoms with van der Waals surface area (Å²) >= 11 is 0. The average Bonchev–Trinajstić information content (AvgIpc) is 1.95. The van der Waals surface area contributed by atoms with Gasteiger partial charge in [0.25, 0.3) is 0 Å². The standard InChI is InChI=1S/C8H15FN/c1-2-5-10-6-3-8(9)4-7-10/h8H,1-7H2. The molecule has 0 bridgehead atoms. The molecule has 0 atom stereocenters. The summed E-state index contributed by atoms with van der Waals surface area (Å²) in [5, 5.41) is 0. The Bertz CT molecular complexity index is 87.3. The highest BCUT2D eigenvalue weighted by molar-refractivity contribution is 4.71. The minimum absolute atomic E-state index is 0.541. The minimum atomic E-state index is -0.541. The van der Waals surface area contributed by atoms with Gasteiger partial charge in [-0.1, -0.05) is 6.92 Å². The Hall–Kier alpha value is -0.110. The summed E-state index contributed by atoms with van der Waals surface area (Å²) in [6.45, 7) is 6.65. The number of piperidine rings is 1. The van der Waals surface area contributed by atoms with Gasteiger partial charge in [0.1, 0.15) is 6.17 Å². The Morgan fingerprint density at radius 1 is 1.40 bits per heavy atom. The van der Waals surface area contributed by atoms with Crippen LogP contribution in [-0.4, -0.2) is 30.7 Å². The summed E-state index contributed by atoms with van der Waals surface area (Å²) in [5.74, 6) is 0. The highest BCUT2D eigenvalue weighted by Crippen LogP contribution is 2.12. The molecular formula is C8H15FN. The first kappa shape index (κ1) is 7.99. The van der Waals surface area contributed by atoms with Gasteiger partial charge in [-0.3, -0.25) is 0 Å². The smallest absolute Gasteiger partial charge is 0.103 e. The normalized spacial score (nSPS) is 23.4. The molecule has 0 N–H and O–H groups in total. The van der Waals surface area contributed by atoms with Gasteiger partial charge in [0.15, 0.2) is 0 Å². The van der Waals surface area contributed by atoms with Crippen LogP contribution in [0.3, 0.4) is 0 Å². The molecular weight excluding hydrogens is 129 g/mol. The molecule has 0 aliphatic carbocycles. The van der Waals surface area contributed by atoms with E-state index in [-0.39, 0.29) is 0 Å². The maximum absolute atomic E-state index is 12.6. The topological polar surface area (TPSA) is 3.24 Å². The van der Waals surface area contributed by atoms with Crippen LogP contribution in [0.5, 0.6) is 0 Å². The lowest BCUT2D eigenvalue weighted by Crippen LogP contribution is -2.34. The molecule has 10 heavy (non-hydrogen) atoms. The number of hydrogen-bond donors (Lipinski definition) is 0. The molecule has 59 valence electrons. The van der Waals surface area contributed by atoms with Gasteiger partial charge >= 0.3 is 0 Å². The molecule has 0 amide bonds. The first-order valence-electron chi connectivity index (χ1n) is 3.98. The van der Waals surface area contributed by atoms with Crippen molar-refractivity contribution < 1.29 is 4.39 Å². The van der Waals surface area contributed by atoms with Crippen LogP contribution in [0.4, 0.5) is 4.39 Å². The highest BCUT2D eigenvalue weighted by Gasteiger charge is 2.16. The van der Waals surface area contributed by atoms with Crippen LogP contribution < -0.4 is 0 Å². The summed E-state index contributed by atoms with van der Waals surface area (Å²) in [5.41, 5.74) is 0. The van der Waals surface area contributed by atoms with E-state index in [1.54, 1.807) is 0 Å². The van der Waals surface area contributed by atoms with Gasteiger partial charge < -0.3 is 4.90 Å². The Kier molecular flexibility index (Phi) is 3.13. The number of halogens is 1. The quantitative estimate of drug-likeness (QED) is 0.569. The number of rotatable bonds is 2. The molecule has 1 rings (SSSR count). The Balaban J connectivity index is 2.13. The fourth-order valence-electron chi connectivity index (χ4n) is 1.35. The summed E-state index contributed by atoms with van der Waals surface area (Å²) in [4.78, 5) is 2.28. The lowest BCUT2D eigenvalue weighted by Gasteiger charge is -2.27. The van der Waals surface area contributed by atoms with Gasteiger partial charge in [0.05, 0.1) is 0 Å².